The Labute approximate surface area is 148 Å². The molecule has 2 aliphatic heterocycles. The maximum Gasteiger partial charge on any atom is 0.266 e. The molecule has 25 heavy (non-hydrogen) atoms. The molecular weight excluding hydrogens is 316 g/mol. The molecule has 2 aromatic rings. The van der Waals surface area contributed by atoms with Crippen LogP contribution in [0.2, 0.25) is 0 Å². The average molecular weight is 342 g/mol. The minimum atomic E-state index is 0.545. The number of piperazine rings is 1. The molecular formula is C18H26N6O. The lowest BCUT2D eigenvalue weighted by molar-refractivity contribution is 0.0980. The van der Waals surface area contributed by atoms with Crippen LogP contribution in [0.1, 0.15) is 18.5 Å². The Hall–Kier alpha value is -1.99. The van der Waals surface area contributed by atoms with E-state index in [0.29, 0.717) is 17.9 Å². The highest BCUT2D eigenvalue weighted by atomic mass is 16.5. The zero-order chi connectivity index (χ0) is 17.2. The van der Waals surface area contributed by atoms with Crippen molar-refractivity contribution in [1.82, 2.24) is 24.9 Å². The van der Waals surface area contributed by atoms with Gasteiger partial charge in [-0.05, 0) is 44.1 Å². The van der Waals surface area contributed by atoms with Crippen molar-refractivity contribution in [1.29, 1.82) is 0 Å². The average Bonchev–Trinajstić information content (AvgIpc) is 3.13. The monoisotopic (exact) mass is 342 g/mol. The molecule has 2 fully saturated rings. The van der Waals surface area contributed by atoms with Gasteiger partial charge in [-0.2, -0.15) is 4.98 Å². The normalized spacial score (nSPS) is 21.0. The van der Waals surface area contributed by atoms with Gasteiger partial charge in [0.2, 0.25) is 0 Å². The Morgan fingerprint density at radius 3 is 2.48 bits per heavy atom. The van der Waals surface area contributed by atoms with E-state index in [2.05, 4.69) is 36.9 Å². The summed E-state index contributed by atoms with van der Waals surface area (Å²) in [5.74, 6) is 1.25. The molecule has 0 N–H and O–H groups in total. The summed E-state index contributed by atoms with van der Waals surface area (Å²) in [6, 6.07) is 4.62. The summed E-state index contributed by atoms with van der Waals surface area (Å²) in [5.41, 5.74) is 1.85. The minimum Gasteiger partial charge on any atom is -0.338 e. The SMILES string of the molecule is Cc1ccc(-c2nc(N3CCC(N4CCN(C)CC4)CC3)no2)cn1. The summed E-state index contributed by atoms with van der Waals surface area (Å²) in [6.45, 7) is 8.68. The van der Waals surface area contributed by atoms with Crippen LogP contribution < -0.4 is 4.90 Å². The van der Waals surface area contributed by atoms with Crippen molar-refractivity contribution in [2.24, 2.45) is 0 Å². The van der Waals surface area contributed by atoms with Crippen molar-refractivity contribution in [2.45, 2.75) is 25.8 Å². The van der Waals surface area contributed by atoms with E-state index in [9.17, 15) is 0 Å². The van der Waals surface area contributed by atoms with Crippen molar-refractivity contribution < 1.29 is 4.52 Å². The first kappa shape index (κ1) is 16.5. The highest BCUT2D eigenvalue weighted by Crippen LogP contribution is 2.24. The van der Waals surface area contributed by atoms with Crippen molar-refractivity contribution in [3.8, 4) is 11.5 Å². The molecule has 0 unspecified atom stereocenters. The van der Waals surface area contributed by atoms with Gasteiger partial charge in [0.25, 0.3) is 11.8 Å². The topological polar surface area (TPSA) is 61.5 Å². The molecule has 0 bridgehead atoms. The van der Waals surface area contributed by atoms with Crippen LogP contribution in [0.4, 0.5) is 5.95 Å². The van der Waals surface area contributed by atoms with E-state index < -0.39 is 0 Å². The molecule has 4 rings (SSSR count). The summed E-state index contributed by atoms with van der Waals surface area (Å²) in [4.78, 5) is 16.2. The summed E-state index contributed by atoms with van der Waals surface area (Å²) in [6.07, 6.45) is 4.12. The van der Waals surface area contributed by atoms with Gasteiger partial charge in [0, 0.05) is 57.2 Å². The Bertz CT molecular complexity index is 684. The largest absolute Gasteiger partial charge is 0.338 e. The van der Waals surface area contributed by atoms with Crippen molar-refractivity contribution in [3.63, 3.8) is 0 Å². The van der Waals surface area contributed by atoms with Crippen LogP contribution in [0.5, 0.6) is 0 Å². The van der Waals surface area contributed by atoms with Gasteiger partial charge in [0.1, 0.15) is 0 Å². The second-order valence-electron chi connectivity index (χ2n) is 7.15. The summed E-state index contributed by atoms with van der Waals surface area (Å²) in [7, 11) is 2.21. The zero-order valence-electron chi connectivity index (χ0n) is 15.1. The Morgan fingerprint density at radius 1 is 1.04 bits per heavy atom. The van der Waals surface area contributed by atoms with Gasteiger partial charge < -0.3 is 14.3 Å². The molecule has 0 aromatic carbocycles. The standard InChI is InChI=1S/C18H26N6O/c1-14-3-4-15(13-19-14)17-20-18(21-25-17)24-7-5-16(6-8-24)23-11-9-22(2)10-12-23/h3-4,13,16H,5-12H2,1-2H3. The van der Waals surface area contributed by atoms with Gasteiger partial charge in [-0.15, -0.1) is 0 Å². The number of likely N-dealkylation sites (N-methyl/N-ethyl adjacent to an activating group) is 1. The number of hydrogen-bond donors (Lipinski definition) is 0. The lowest BCUT2D eigenvalue weighted by Gasteiger charge is -2.41. The number of aryl methyl sites for hydroxylation is 1. The third kappa shape index (κ3) is 3.67. The second kappa shape index (κ2) is 7.09. The Kier molecular flexibility index (Phi) is 4.67. The number of hydrogen-bond acceptors (Lipinski definition) is 7. The molecule has 2 saturated heterocycles. The molecule has 0 spiro atoms. The van der Waals surface area contributed by atoms with Crippen LogP contribution in [0.15, 0.2) is 22.9 Å². The number of piperidine rings is 1. The van der Waals surface area contributed by atoms with E-state index in [1.54, 1.807) is 6.20 Å². The first-order valence-corrected chi connectivity index (χ1v) is 9.13. The van der Waals surface area contributed by atoms with E-state index in [1.807, 2.05) is 19.1 Å². The van der Waals surface area contributed by atoms with Crippen LogP contribution in [0.3, 0.4) is 0 Å². The van der Waals surface area contributed by atoms with Gasteiger partial charge in [-0.25, -0.2) is 0 Å². The summed E-state index contributed by atoms with van der Waals surface area (Å²) >= 11 is 0. The third-order valence-corrected chi connectivity index (χ3v) is 5.38. The van der Waals surface area contributed by atoms with E-state index in [-0.39, 0.29) is 0 Å². The number of anilines is 1. The van der Waals surface area contributed by atoms with Gasteiger partial charge in [0.15, 0.2) is 0 Å². The summed E-state index contributed by atoms with van der Waals surface area (Å²) < 4.78 is 5.44. The Morgan fingerprint density at radius 2 is 1.80 bits per heavy atom. The molecule has 4 heterocycles. The smallest absolute Gasteiger partial charge is 0.266 e. The second-order valence-corrected chi connectivity index (χ2v) is 7.15. The van der Waals surface area contributed by atoms with Crippen LogP contribution >= 0.6 is 0 Å². The van der Waals surface area contributed by atoms with E-state index >= 15 is 0 Å². The molecule has 0 atom stereocenters. The van der Waals surface area contributed by atoms with Gasteiger partial charge in [-0.1, -0.05) is 0 Å². The van der Waals surface area contributed by atoms with E-state index in [0.717, 1.165) is 24.3 Å². The lowest BCUT2D eigenvalue weighted by Crippen LogP contribution is -2.52. The molecule has 0 aliphatic carbocycles. The van der Waals surface area contributed by atoms with Crippen molar-refractivity contribution in [3.05, 3.63) is 24.0 Å². The molecule has 134 valence electrons. The zero-order valence-corrected chi connectivity index (χ0v) is 15.1. The quantitative estimate of drug-likeness (QED) is 0.840. The summed E-state index contributed by atoms with van der Waals surface area (Å²) in [5, 5.41) is 4.18. The fourth-order valence-electron chi connectivity index (χ4n) is 3.67. The van der Waals surface area contributed by atoms with Gasteiger partial charge in [0.05, 0.1) is 5.56 Å². The fourth-order valence-corrected chi connectivity index (χ4v) is 3.67. The van der Waals surface area contributed by atoms with Crippen LogP contribution in [-0.2, 0) is 0 Å². The van der Waals surface area contributed by atoms with Crippen molar-refractivity contribution in [2.75, 3.05) is 51.2 Å². The molecule has 2 aromatic heterocycles. The maximum absolute atomic E-state index is 5.44. The van der Waals surface area contributed by atoms with Crippen LogP contribution in [0.25, 0.3) is 11.5 Å². The number of nitrogens with zero attached hydrogens (tertiary/aromatic N) is 6. The van der Waals surface area contributed by atoms with Gasteiger partial charge in [-0.3, -0.25) is 9.88 Å². The maximum atomic E-state index is 5.44. The molecule has 0 amide bonds. The third-order valence-electron chi connectivity index (χ3n) is 5.38. The number of pyridine rings is 1. The first-order chi connectivity index (χ1) is 12.2. The first-order valence-electron chi connectivity index (χ1n) is 9.13. The predicted molar refractivity (Wildman–Crippen MR) is 96.6 cm³/mol. The van der Waals surface area contributed by atoms with Crippen LogP contribution in [-0.4, -0.2) is 77.3 Å². The Balaban J connectivity index is 1.36. The molecule has 0 radical (unpaired) electrons. The number of rotatable bonds is 3. The van der Waals surface area contributed by atoms with Crippen LogP contribution in [0, 0.1) is 6.92 Å². The minimum absolute atomic E-state index is 0.545. The van der Waals surface area contributed by atoms with Gasteiger partial charge >= 0.3 is 0 Å². The lowest BCUT2D eigenvalue weighted by atomic mass is 10.0. The number of aromatic nitrogens is 3. The van der Waals surface area contributed by atoms with Crippen molar-refractivity contribution >= 4 is 5.95 Å². The molecule has 0 saturated carbocycles. The highest BCUT2D eigenvalue weighted by Gasteiger charge is 2.28. The molecule has 2 aliphatic rings. The highest BCUT2D eigenvalue weighted by molar-refractivity contribution is 5.53. The predicted octanol–water partition coefficient (Wildman–Crippen LogP) is 1.66. The molecule has 7 nitrogen and oxygen atoms in total. The molecule has 7 heteroatoms. The van der Waals surface area contributed by atoms with E-state index in [4.69, 9.17) is 4.52 Å². The van der Waals surface area contributed by atoms with E-state index in [1.165, 1.54) is 39.0 Å². The fraction of sp³-hybridized carbons (Fsp3) is 0.611.